The van der Waals surface area contributed by atoms with Crippen LogP contribution in [0.2, 0.25) is 0 Å². The number of nitrogens with zero attached hydrogens (tertiary/aromatic N) is 3. The van der Waals surface area contributed by atoms with E-state index in [0.717, 1.165) is 30.0 Å². The van der Waals surface area contributed by atoms with Crippen LogP contribution in [0.25, 0.3) is 0 Å². The van der Waals surface area contributed by atoms with Gasteiger partial charge in [-0.15, -0.1) is 0 Å². The Morgan fingerprint density at radius 3 is 2.34 bits per heavy atom. The van der Waals surface area contributed by atoms with E-state index in [4.69, 9.17) is 0 Å². The van der Waals surface area contributed by atoms with Crippen molar-refractivity contribution in [3.8, 4) is 0 Å². The molecular weight excluding hydrogens is 369 g/mol. The van der Waals surface area contributed by atoms with Crippen molar-refractivity contribution in [1.29, 1.82) is 0 Å². The predicted molar refractivity (Wildman–Crippen MR) is 113 cm³/mol. The number of benzene rings is 2. The van der Waals surface area contributed by atoms with E-state index in [-0.39, 0.29) is 17.4 Å². The van der Waals surface area contributed by atoms with E-state index >= 15 is 0 Å². The topological polar surface area (TPSA) is 70.2 Å². The quantitative estimate of drug-likeness (QED) is 0.602. The molecule has 0 spiro atoms. The van der Waals surface area contributed by atoms with Crippen LogP contribution in [0.15, 0.2) is 60.8 Å². The van der Waals surface area contributed by atoms with Crippen LogP contribution in [-0.4, -0.2) is 29.0 Å². The molecule has 1 heterocycles. The molecule has 6 nitrogen and oxygen atoms in total. The van der Waals surface area contributed by atoms with Crippen molar-refractivity contribution in [2.75, 3.05) is 23.3 Å². The molecular formula is C22H24FN5O. The minimum atomic E-state index is -0.323. The first-order valence-electron chi connectivity index (χ1n) is 9.56. The molecule has 3 aromatic rings. The minimum absolute atomic E-state index is 0.254. The van der Waals surface area contributed by atoms with Gasteiger partial charge < -0.3 is 15.5 Å². The highest BCUT2D eigenvalue weighted by molar-refractivity contribution is 5.92. The minimum Gasteiger partial charge on any atom is -0.372 e. The van der Waals surface area contributed by atoms with E-state index in [1.165, 1.54) is 18.3 Å². The molecule has 150 valence electrons. The number of aromatic nitrogens is 2. The zero-order valence-corrected chi connectivity index (χ0v) is 16.5. The Hall–Kier alpha value is -3.48. The summed E-state index contributed by atoms with van der Waals surface area (Å²) in [6, 6.07) is 15.5. The van der Waals surface area contributed by atoms with Crippen LogP contribution in [0.5, 0.6) is 0 Å². The van der Waals surface area contributed by atoms with E-state index in [1.54, 1.807) is 18.2 Å². The Balaban J connectivity index is 1.62. The van der Waals surface area contributed by atoms with Gasteiger partial charge in [0.05, 0.1) is 0 Å². The highest BCUT2D eigenvalue weighted by Gasteiger charge is 2.09. The lowest BCUT2D eigenvalue weighted by Gasteiger charge is -2.21. The highest BCUT2D eigenvalue weighted by Crippen LogP contribution is 2.19. The molecule has 0 saturated heterocycles. The van der Waals surface area contributed by atoms with Gasteiger partial charge in [0, 0.05) is 37.2 Å². The zero-order chi connectivity index (χ0) is 20.6. The smallest absolute Gasteiger partial charge is 0.270 e. The van der Waals surface area contributed by atoms with Gasteiger partial charge in [0.15, 0.2) is 0 Å². The van der Waals surface area contributed by atoms with E-state index in [0.29, 0.717) is 12.5 Å². The van der Waals surface area contributed by atoms with Gasteiger partial charge in [-0.05, 0) is 61.9 Å². The molecule has 0 aliphatic carbocycles. The number of hydrogen-bond acceptors (Lipinski definition) is 5. The molecule has 2 aromatic carbocycles. The molecule has 0 radical (unpaired) electrons. The maximum absolute atomic E-state index is 13.0. The number of nitrogens with one attached hydrogen (secondary N) is 2. The normalized spacial score (nSPS) is 10.4. The Kier molecular flexibility index (Phi) is 6.73. The van der Waals surface area contributed by atoms with E-state index in [1.807, 2.05) is 24.3 Å². The highest BCUT2D eigenvalue weighted by atomic mass is 19.1. The summed E-state index contributed by atoms with van der Waals surface area (Å²) in [6.45, 7) is 6.42. The van der Waals surface area contributed by atoms with Crippen LogP contribution in [0, 0.1) is 5.82 Å². The van der Waals surface area contributed by atoms with Crippen LogP contribution in [0.1, 0.15) is 29.9 Å². The molecule has 0 bridgehead atoms. The number of carbonyl (C=O) groups is 1. The summed E-state index contributed by atoms with van der Waals surface area (Å²) in [4.78, 5) is 23.1. The molecule has 1 amide bonds. The lowest BCUT2D eigenvalue weighted by molar-refractivity contribution is 0.0946. The summed E-state index contributed by atoms with van der Waals surface area (Å²) >= 11 is 0. The number of amides is 1. The molecule has 29 heavy (non-hydrogen) atoms. The van der Waals surface area contributed by atoms with Gasteiger partial charge in [-0.2, -0.15) is 0 Å². The fourth-order valence-electron chi connectivity index (χ4n) is 2.89. The van der Waals surface area contributed by atoms with Crippen molar-refractivity contribution in [2.24, 2.45) is 0 Å². The van der Waals surface area contributed by atoms with Crippen molar-refractivity contribution in [1.82, 2.24) is 15.3 Å². The molecule has 7 heteroatoms. The fraction of sp³-hybridized carbons (Fsp3) is 0.227. The van der Waals surface area contributed by atoms with Gasteiger partial charge in [0.1, 0.15) is 11.5 Å². The Labute approximate surface area is 169 Å². The van der Waals surface area contributed by atoms with Gasteiger partial charge >= 0.3 is 0 Å². The van der Waals surface area contributed by atoms with Crippen LogP contribution in [0.4, 0.5) is 21.7 Å². The second-order valence-electron chi connectivity index (χ2n) is 6.42. The third kappa shape index (κ3) is 5.51. The van der Waals surface area contributed by atoms with E-state index in [2.05, 4.69) is 39.3 Å². The Morgan fingerprint density at radius 1 is 1.00 bits per heavy atom. The van der Waals surface area contributed by atoms with Crippen molar-refractivity contribution >= 4 is 23.2 Å². The average molecular weight is 393 g/mol. The monoisotopic (exact) mass is 393 g/mol. The molecule has 1 aromatic heterocycles. The first kappa shape index (κ1) is 20.3. The van der Waals surface area contributed by atoms with Gasteiger partial charge in [0.2, 0.25) is 5.95 Å². The first-order valence-corrected chi connectivity index (χ1v) is 9.56. The van der Waals surface area contributed by atoms with Crippen molar-refractivity contribution < 1.29 is 9.18 Å². The van der Waals surface area contributed by atoms with Gasteiger partial charge in [0.25, 0.3) is 5.91 Å². The fourth-order valence-corrected chi connectivity index (χ4v) is 2.89. The largest absolute Gasteiger partial charge is 0.372 e. The molecule has 0 atom stereocenters. The second kappa shape index (κ2) is 9.64. The van der Waals surface area contributed by atoms with Crippen molar-refractivity contribution in [3.05, 3.63) is 77.9 Å². The number of anilines is 3. The maximum Gasteiger partial charge on any atom is 0.270 e. The lowest BCUT2D eigenvalue weighted by Crippen LogP contribution is -2.24. The molecule has 3 rings (SSSR count). The van der Waals surface area contributed by atoms with E-state index < -0.39 is 0 Å². The lowest BCUT2D eigenvalue weighted by atomic mass is 10.2. The molecule has 0 aliphatic heterocycles. The molecule has 0 saturated carbocycles. The van der Waals surface area contributed by atoms with Crippen LogP contribution in [-0.2, 0) is 6.54 Å². The maximum atomic E-state index is 13.0. The predicted octanol–water partition coefficient (Wildman–Crippen LogP) is 4.14. The molecule has 0 fully saturated rings. The Bertz CT molecular complexity index is 940. The van der Waals surface area contributed by atoms with Gasteiger partial charge in [-0.25, -0.2) is 14.4 Å². The number of rotatable bonds is 8. The van der Waals surface area contributed by atoms with E-state index in [9.17, 15) is 9.18 Å². The summed E-state index contributed by atoms with van der Waals surface area (Å²) in [6.07, 6.45) is 1.53. The molecule has 0 unspecified atom stereocenters. The van der Waals surface area contributed by atoms with Crippen molar-refractivity contribution in [3.63, 3.8) is 0 Å². The Morgan fingerprint density at radius 2 is 1.69 bits per heavy atom. The first-order chi connectivity index (χ1) is 14.1. The summed E-state index contributed by atoms with van der Waals surface area (Å²) in [5.74, 6) is -0.289. The SMILES string of the molecule is CCN(CC)c1ccc(Nc2nccc(C(=O)NCc3ccc(F)cc3)n2)cc1. The average Bonchev–Trinajstić information content (AvgIpc) is 2.75. The number of carbonyl (C=O) groups excluding carboxylic acids is 1. The second-order valence-corrected chi connectivity index (χ2v) is 6.42. The number of hydrogen-bond donors (Lipinski definition) is 2. The summed E-state index contributed by atoms with van der Waals surface area (Å²) in [7, 11) is 0. The number of halogens is 1. The summed E-state index contributed by atoms with van der Waals surface area (Å²) in [5.41, 5.74) is 3.05. The standard InChI is InChI=1S/C22H24FN5O/c1-3-28(4-2)19-11-9-18(10-12-19)26-22-24-14-13-20(27-22)21(29)25-15-16-5-7-17(23)8-6-16/h5-14H,3-4,15H2,1-2H3,(H,25,29)(H,24,26,27). The molecule has 2 N–H and O–H groups in total. The van der Waals surface area contributed by atoms with Crippen LogP contribution >= 0.6 is 0 Å². The van der Waals surface area contributed by atoms with Crippen LogP contribution in [0.3, 0.4) is 0 Å². The van der Waals surface area contributed by atoms with Crippen molar-refractivity contribution in [2.45, 2.75) is 20.4 Å². The third-order valence-electron chi connectivity index (χ3n) is 4.51. The zero-order valence-electron chi connectivity index (χ0n) is 16.5. The summed E-state index contributed by atoms with van der Waals surface area (Å²) < 4.78 is 13.0. The van der Waals surface area contributed by atoms with Gasteiger partial charge in [-0.3, -0.25) is 4.79 Å². The summed E-state index contributed by atoms with van der Waals surface area (Å²) in [5, 5.41) is 5.89. The third-order valence-corrected chi connectivity index (χ3v) is 4.51. The van der Waals surface area contributed by atoms with Crippen LogP contribution < -0.4 is 15.5 Å². The van der Waals surface area contributed by atoms with Gasteiger partial charge in [-0.1, -0.05) is 12.1 Å². The molecule has 0 aliphatic rings.